The van der Waals surface area contributed by atoms with Crippen LogP contribution >= 0.6 is 11.8 Å². The van der Waals surface area contributed by atoms with Gasteiger partial charge in [0.1, 0.15) is 55.9 Å². The second kappa shape index (κ2) is 28.3. The summed E-state index contributed by atoms with van der Waals surface area (Å²) in [5.41, 5.74) is -3.07. The molecule has 0 bridgehead atoms. The summed E-state index contributed by atoms with van der Waals surface area (Å²) in [6.45, 7) is 7.68. The van der Waals surface area contributed by atoms with Crippen molar-refractivity contribution in [2.75, 3.05) is 38.4 Å². The Bertz CT molecular complexity index is 2020. The number of thioether (sulfide) groups is 1. The summed E-state index contributed by atoms with van der Waals surface area (Å²) >= 11 is 1.23. The number of ketones is 2. The molecule has 29 heteroatoms. The standard InChI is InChI=1S/C44H63NO27S/c1-18(46)31(57)34-40(44(58,19(2)47)39(45-20(3)48)43(71-34)60-13-15-73-14-12-30(56)59-11)72-42-38(67-27(10)55)36(65-25(8)53)33(29(69-42)17-62-22(5)50)70-41-37(66-26(9)54)35(64-24(7)52)32(63-23(6)51)28(68-41)16-61-21(4)49/h28-29,31-43,57-58H,12-17H2,1-11H3,(H,45,48)/t28-,29-,31?,32+,33+,34-,35+,36+,37-,38-,39-,40-,41+,42+,43+,44-/m1/s1. The Morgan fingerprint density at radius 3 is 1.47 bits per heavy atom. The van der Waals surface area contributed by atoms with E-state index in [1.807, 2.05) is 0 Å². The summed E-state index contributed by atoms with van der Waals surface area (Å²) in [6.07, 6.45) is -27.7. The van der Waals surface area contributed by atoms with Gasteiger partial charge >= 0.3 is 47.8 Å². The molecule has 1 amide bonds. The van der Waals surface area contributed by atoms with E-state index in [1.54, 1.807) is 0 Å². The molecule has 3 heterocycles. The number of methoxy groups -OCH3 is 1. The van der Waals surface area contributed by atoms with Crippen molar-refractivity contribution in [2.24, 2.45) is 0 Å². The van der Waals surface area contributed by atoms with E-state index in [0.717, 1.165) is 69.2 Å². The number of Topliss-reactive ketones (excluding diaryl/α,β-unsaturated/α-hetero) is 2. The Balaban J connectivity index is 2.29. The van der Waals surface area contributed by atoms with Crippen LogP contribution < -0.4 is 5.32 Å². The number of esters is 8. The number of nitrogens with one attached hydrogen (secondary N) is 1. The van der Waals surface area contributed by atoms with Crippen molar-refractivity contribution in [3.8, 4) is 0 Å². The van der Waals surface area contributed by atoms with E-state index in [1.165, 1.54) is 18.9 Å². The molecule has 0 aromatic carbocycles. The number of rotatable bonds is 24. The van der Waals surface area contributed by atoms with Gasteiger partial charge in [-0.15, -0.1) is 0 Å². The van der Waals surface area contributed by atoms with E-state index in [2.05, 4.69) is 10.1 Å². The zero-order valence-electron chi connectivity index (χ0n) is 41.9. The number of carbonyl (C=O) groups is 11. The molecule has 412 valence electrons. The highest BCUT2D eigenvalue weighted by atomic mass is 32.2. The van der Waals surface area contributed by atoms with E-state index >= 15 is 0 Å². The quantitative estimate of drug-likeness (QED) is 0.0525. The molecule has 73 heavy (non-hydrogen) atoms. The Hall–Kier alpha value is -5.40. The molecule has 3 aliphatic rings. The molecule has 28 nitrogen and oxygen atoms in total. The molecular formula is C44H63NO27S. The maximum Gasteiger partial charge on any atom is 0.306 e. The minimum absolute atomic E-state index is 0.0476. The highest BCUT2D eigenvalue weighted by Crippen LogP contribution is 2.40. The van der Waals surface area contributed by atoms with Gasteiger partial charge in [0.25, 0.3) is 0 Å². The second-order valence-electron chi connectivity index (χ2n) is 16.6. The maximum atomic E-state index is 13.9. The molecule has 1 unspecified atom stereocenters. The highest BCUT2D eigenvalue weighted by Gasteiger charge is 2.65. The molecule has 0 aromatic rings. The first-order chi connectivity index (χ1) is 34.1. The number of amides is 1. The first kappa shape index (κ1) is 61.9. The predicted octanol–water partition coefficient (Wildman–Crippen LogP) is -2.20. The van der Waals surface area contributed by atoms with E-state index in [-0.39, 0.29) is 18.8 Å². The Kier molecular flexibility index (Phi) is 24.0. The number of aliphatic hydroxyl groups is 2. The van der Waals surface area contributed by atoms with E-state index in [9.17, 15) is 63.0 Å². The van der Waals surface area contributed by atoms with E-state index < -0.39 is 176 Å². The van der Waals surface area contributed by atoms with Crippen molar-refractivity contribution in [1.29, 1.82) is 0 Å². The molecular weight excluding hydrogens is 1010 g/mol. The third-order valence-electron chi connectivity index (χ3n) is 10.8. The smallest absolute Gasteiger partial charge is 0.306 e. The SMILES string of the molecule is COC(=O)CCSCCO[C@H]1O[C@H](C(O)C(C)=O)[C@@H](O[C@@H]2O[C@H](COC(C)=O)[C@H](O[C@@H]3O[C@H](COC(C)=O)[C@H](OC(C)=O)[C@H](OC(C)=O)[C@H]3OC(C)=O)[C@H](OC(C)=O)[C@H]2OC(C)=O)[C@@](O)(C(C)=O)[C@@H]1NC(C)=O. The summed E-state index contributed by atoms with van der Waals surface area (Å²) in [6, 6.07) is -1.92. The van der Waals surface area contributed by atoms with Gasteiger partial charge in [0.05, 0.1) is 20.1 Å². The summed E-state index contributed by atoms with van der Waals surface area (Å²) in [7, 11) is 1.22. The predicted molar refractivity (Wildman–Crippen MR) is 237 cm³/mol. The zero-order valence-corrected chi connectivity index (χ0v) is 42.7. The molecule has 0 spiro atoms. The van der Waals surface area contributed by atoms with Crippen LogP contribution in [0.25, 0.3) is 0 Å². The van der Waals surface area contributed by atoms with Crippen LogP contribution in [0.2, 0.25) is 0 Å². The van der Waals surface area contributed by atoms with Crippen molar-refractivity contribution in [3.63, 3.8) is 0 Å². The lowest BCUT2D eigenvalue weighted by Crippen LogP contribution is -2.77. The van der Waals surface area contributed by atoms with Crippen molar-refractivity contribution >= 4 is 77.0 Å². The average Bonchev–Trinajstić information content (AvgIpc) is 3.27. The first-order valence-electron chi connectivity index (χ1n) is 22.5. The number of aliphatic hydroxyl groups excluding tert-OH is 1. The molecule has 0 saturated carbocycles. The van der Waals surface area contributed by atoms with Gasteiger partial charge in [-0.3, -0.25) is 52.7 Å². The lowest BCUT2D eigenvalue weighted by Gasteiger charge is -2.53. The number of carbonyl (C=O) groups excluding carboxylic acids is 11. The summed E-state index contributed by atoms with van der Waals surface area (Å²) in [5.74, 6) is -10.1. The zero-order chi connectivity index (χ0) is 55.1. The van der Waals surface area contributed by atoms with Crippen molar-refractivity contribution in [3.05, 3.63) is 0 Å². The Morgan fingerprint density at radius 2 is 1.03 bits per heavy atom. The topological polar surface area (TPSA) is 369 Å². The lowest BCUT2D eigenvalue weighted by atomic mass is 9.77. The van der Waals surface area contributed by atoms with Gasteiger partial charge < -0.3 is 81.8 Å². The number of ether oxygens (including phenoxy) is 14. The number of hydrogen-bond acceptors (Lipinski definition) is 28. The van der Waals surface area contributed by atoms with Gasteiger partial charge in [-0.25, -0.2) is 0 Å². The fraction of sp³-hybridized carbons (Fsp3) is 0.750. The Morgan fingerprint density at radius 1 is 0.575 bits per heavy atom. The molecule has 3 fully saturated rings. The van der Waals surface area contributed by atoms with Gasteiger partial charge in [0.2, 0.25) is 5.91 Å². The van der Waals surface area contributed by atoms with Crippen LogP contribution in [-0.2, 0) is 119 Å². The van der Waals surface area contributed by atoms with E-state index in [0.29, 0.717) is 5.75 Å². The largest absolute Gasteiger partial charge is 0.469 e. The Labute approximate surface area is 422 Å². The molecule has 0 radical (unpaired) electrons. The van der Waals surface area contributed by atoms with Crippen LogP contribution in [0.15, 0.2) is 0 Å². The van der Waals surface area contributed by atoms with Crippen molar-refractivity contribution < 1.29 is 129 Å². The fourth-order valence-electron chi connectivity index (χ4n) is 7.85. The maximum absolute atomic E-state index is 13.9. The van der Waals surface area contributed by atoms with Crippen LogP contribution in [0.3, 0.4) is 0 Å². The van der Waals surface area contributed by atoms with Gasteiger partial charge in [-0.05, 0) is 13.8 Å². The summed E-state index contributed by atoms with van der Waals surface area (Å²) < 4.78 is 79.8. The molecule has 16 atom stereocenters. The normalized spacial score (nSPS) is 31.2. The van der Waals surface area contributed by atoms with E-state index in [4.69, 9.17) is 61.6 Å². The summed E-state index contributed by atoms with van der Waals surface area (Å²) in [5, 5.41) is 26.5. The first-order valence-corrected chi connectivity index (χ1v) is 23.6. The summed E-state index contributed by atoms with van der Waals surface area (Å²) in [4.78, 5) is 139. The third-order valence-corrected chi connectivity index (χ3v) is 11.7. The van der Waals surface area contributed by atoms with Crippen molar-refractivity contribution in [1.82, 2.24) is 5.32 Å². The van der Waals surface area contributed by atoms with Gasteiger partial charge in [0, 0.05) is 66.9 Å². The van der Waals surface area contributed by atoms with Gasteiger partial charge in [-0.1, -0.05) is 0 Å². The van der Waals surface area contributed by atoms with Crippen LogP contribution in [-0.4, -0.2) is 212 Å². The van der Waals surface area contributed by atoms with Crippen LogP contribution in [0.1, 0.15) is 75.7 Å². The lowest BCUT2D eigenvalue weighted by molar-refractivity contribution is -0.381. The average molecular weight is 1070 g/mol. The van der Waals surface area contributed by atoms with Crippen molar-refractivity contribution in [2.45, 2.75) is 173 Å². The van der Waals surface area contributed by atoms with Gasteiger partial charge in [-0.2, -0.15) is 11.8 Å². The molecule has 0 aliphatic carbocycles. The van der Waals surface area contributed by atoms with Crippen LogP contribution in [0.4, 0.5) is 0 Å². The minimum Gasteiger partial charge on any atom is -0.469 e. The van der Waals surface area contributed by atoms with Gasteiger partial charge in [0.15, 0.2) is 66.6 Å². The molecule has 0 aromatic heterocycles. The molecule has 3 rings (SSSR count). The monoisotopic (exact) mass is 1070 g/mol. The van der Waals surface area contributed by atoms with Crippen LogP contribution in [0.5, 0.6) is 0 Å². The number of hydrogen-bond donors (Lipinski definition) is 3. The second-order valence-corrected chi connectivity index (χ2v) is 17.8. The molecule has 3 aliphatic heterocycles. The third kappa shape index (κ3) is 17.6. The van der Waals surface area contributed by atoms with Crippen LogP contribution in [0, 0.1) is 0 Å². The molecule has 3 N–H and O–H groups in total. The molecule has 3 saturated heterocycles. The minimum atomic E-state index is -3.07. The highest BCUT2D eigenvalue weighted by molar-refractivity contribution is 7.99. The fourth-order valence-corrected chi connectivity index (χ4v) is 8.58.